The number of carbonyl (C=O) groups excluding carboxylic acids is 1. The van der Waals surface area contributed by atoms with Crippen molar-refractivity contribution in [3.63, 3.8) is 0 Å². The number of anilines is 1. The third kappa shape index (κ3) is 5.58. The third-order valence-electron chi connectivity index (χ3n) is 5.55. The third-order valence-corrected chi connectivity index (χ3v) is 6.49. The van der Waals surface area contributed by atoms with Crippen molar-refractivity contribution in [3.05, 3.63) is 69.7 Å². The van der Waals surface area contributed by atoms with E-state index < -0.39 is 0 Å². The van der Waals surface area contributed by atoms with Gasteiger partial charge in [-0.25, -0.2) is 4.98 Å². The Morgan fingerprint density at radius 1 is 1.10 bits per heavy atom. The second-order valence-corrected chi connectivity index (χ2v) is 9.09. The van der Waals surface area contributed by atoms with Crippen LogP contribution in [-0.4, -0.2) is 42.1 Å². The number of nitrogens with zero attached hydrogens (tertiary/aromatic N) is 2. The first kappa shape index (κ1) is 21.7. The quantitative estimate of drug-likeness (QED) is 0.607. The van der Waals surface area contributed by atoms with Gasteiger partial charge in [0.15, 0.2) is 0 Å². The molecule has 0 unspecified atom stereocenters. The van der Waals surface area contributed by atoms with Gasteiger partial charge in [0.05, 0.1) is 25.3 Å². The molecule has 0 spiro atoms. The first-order valence-corrected chi connectivity index (χ1v) is 11.6. The van der Waals surface area contributed by atoms with Crippen LogP contribution in [0.3, 0.4) is 0 Å². The maximum atomic E-state index is 12.6. The number of aromatic nitrogens is 1. The van der Waals surface area contributed by atoms with E-state index in [2.05, 4.69) is 53.5 Å². The van der Waals surface area contributed by atoms with Gasteiger partial charge in [0.1, 0.15) is 5.01 Å². The highest BCUT2D eigenvalue weighted by Gasteiger charge is 2.13. The van der Waals surface area contributed by atoms with Gasteiger partial charge in [-0.3, -0.25) is 9.69 Å². The number of carbonyl (C=O) groups is 1. The van der Waals surface area contributed by atoms with Crippen LogP contribution in [0, 0.1) is 20.8 Å². The van der Waals surface area contributed by atoms with E-state index in [0.717, 1.165) is 65.9 Å². The largest absolute Gasteiger partial charge is 0.379 e. The summed E-state index contributed by atoms with van der Waals surface area (Å²) >= 11 is 1.58. The number of thiazole rings is 1. The highest BCUT2D eigenvalue weighted by molar-refractivity contribution is 7.13. The molecular weight excluding hydrogens is 406 g/mol. The van der Waals surface area contributed by atoms with Gasteiger partial charge in [0.25, 0.3) is 0 Å². The molecule has 2 heterocycles. The van der Waals surface area contributed by atoms with Crippen molar-refractivity contribution in [1.82, 2.24) is 9.88 Å². The first-order valence-electron chi connectivity index (χ1n) is 10.7. The van der Waals surface area contributed by atoms with Gasteiger partial charge in [-0.15, -0.1) is 11.3 Å². The number of morpholine rings is 1. The van der Waals surface area contributed by atoms with Crippen molar-refractivity contribution in [2.24, 2.45) is 0 Å². The number of amides is 1. The molecule has 0 atom stereocenters. The van der Waals surface area contributed by atoms with Crippen molar-refractivity contribution in [1.29, 1.82) is 0 Å². The van der Waals surface area contributed by atoms with Crippen molar-refractivity contribution >= 4 is 22.9 Å². The molecule has 6 heteroatoms. The number of benzene rings is 2. The molecule has 1 saturated heterocycles. The number of hydrogen-bond donors (Lipinski definition) is 1. The summed E-state index contributed by atoms with van der Waals surface area (Å²) in [6, 6.07) is 12.8. The molecular formula is C25H29N3O2S. The van der Waals surface area contributed by atoms with Crippen LogP contribution in [0.25, 0.3) is 10.6 Å². The van der Waals surface area contributed by atoms with E-state index in [1.807, 2.05) is 19.2 Å². The molecule has 1 aromatic heterocycles. The molecule has 0 radical (unpaired) electrons. The van der Waals surface area contributed by atoms with Crippen LogP contribution >= 0.6 is 11.3 Å². The Bertz CT molecular complexity index is 1030. The minimum Gasteiger partial charge on any atom is -0.379 e. The maximum absolute atomic E-state index is 12.6. The number of nitrogens with one attached hydrogen (secondary N) is 1. The van der Waals surface area contributed by atoms with Gasteiger partial charge in [-0.1, -0.05) is 42.0 Å². The lowest BCUT2D eigenvalue weighted by Crippen LogP contribution is -2.35. The minimum atomic E-state index is -0.0345. The van der Waals surface area contributed by atoms with Gasteiger partial charge in [-0.2, -0.15) is 0 Å². The van der Waals surface area contributed by atoms with Gasteiger partial charge >= 0.3 is 0 Å². The molecule has 1 N–H and O–H groups in total. The number of hydrogen-bond acceptors (Lipinski definition) is 5. The van der Waals surface area contributed by atoms with Crippen LogP contribution in [0.5, 0.6) is 0 Å². The Morgan fingerprint density at radius 2 is 1.77 bits per heavy atom. The summed E-state index contributed by atoms with van der Waals surface area (Å²) in [6.07, 6.45) is 0.276. The number of rotatable bonds is 6. The second kappa shape index (κ2) is 9.73. The zero-order valence-corrected chi connectivity index (χ0v) is 19.2. The predicted molar refractivity (Wildman–Crippen MR) is 127 cm³/mol. The molecule has 31 heavy (non-hydrogen) atoms. The van der Waals surface area contributed by atoms with Gasteiger partial charge in [-0.05, 0) is 37.5 Å². The highest BCUT2D eigenvalue weighted by Crippen LogP contribution is 2.26. The summed E-state index contributed by atoms with van der Waals surface area (Å²) < 4.78 is 5.42. The van der Waals surface area contributed by atoms with Gasteiger partial charge in [0.2, 0.25) is 5.91 Å². The molecule has 162 valence electrons. The number of aryl methyl sites for hydroxylation is 3. The SMILES string of the molecule is Cc1cc(C)c(NC(=O)Cc2csc(-c3ccc(CN4CCOCC4)cc3)n2)c(C)c1. The minimum absolute atomic E-state index is 0.0345. The molecule has 5 nitrogen and oxygen atoms in total. The Kier molecular flexibility index (Phi) is 6.80. The first-order chi connectivity index (χ1) is 15.0. The molecule has 1 fully saturated rings. The van der Waals surface area contributed by atoms with E-state index in [9.17, 15) is 4.79 Å². The lowest BCUT2D eigenvalue weighted by atomic mass is 10.0. The molecule has 0 saturated carbocycles. The normalized spacial score (nSPS) is 14.5. The van der Waals surface area contributed by atoms with Crippen LogP contribution in [0.15, 0.2) is 41.8 Å². The average molecular weight is 436 g/mol. The summed E-state index contributed by atoms with van der Waals surface area (Å²) in [4.78, 5) is 19.7. The van der Waals surface area contributed by atoms with Crippen LogP contribution in [0.1, 0.15) is 27.9 Å². The predicted octanol–water partition coefficient (Wildman–Crippen LogP) is 4.75. The average Bonchev–Trinajstić information content (AvgIpc) is 3.20. The summed E-state index contributed by atoms with van der Waals surface area (Å²) in [5.74, 6) is -0.0345. The van der Waals surface area contributed by atoms with E-state index in [4.69, 9.17) is 9.72 Å². The van der Waals surface area contributed by atoms with Crippen LogP contribution in [-0.2, 0) is 22.5 Å². The van der Waals surface area contributed by atoms with Crippen LogP contribution < -0.4 is 5.32 Å². The summed E-state index contributed by atoms with van der Waals surface area (Å²) in [5.41, 5.74) is 7.47. The van der Waals surface area contributed by atoms with Gasteiger partial charge < -0.3 is 10.1 Å². The topological polar surface area (TPSA) is 54.5 Å². The Morgan fingerprint density at radius 3 is 2.45 bits per heavy atom. The van der Waals surface area contributed by atoms with Crippen molar-refractivity contribution < 1.29 is 9.53 Å². The molecule has 0 bridgehead atoms. The van der Waals surface area contributed by atoms with E-state index >= 15 is 0 Å². The maximum Gasteiger partial charge on any atom is 0.230 e. The fraction of sp³-hybridized carbons (Fsp3) is 0.360. The van der Waals surface area contributed by atoms with Crippen molar-refractivity contribution in [3.8, 4) is 10.6 Å². The Balaban J connectivity index is 1.37. The lowest BCUT2D eigenvalue weighted by molar-refractivity contribution is -0.115. The Labute approximate surface area is 188 Å². The monoisotopic (exact) mass is 435 g/mol. The lowest BCUT2D eigenvalue weighted by Gasteiger charge is -2.26. The highest BCUT2D eigenvalue weighted by atomic mass is 32.1. The summed E-state index contributed by atoms with van der Waals surface area (Å²) in [5, 5.41) is 5.99. The molecule has 0 aliphatic carbocycles. The fourth-order valence-electron chi connectivity index (χ4n) is 4.02. The van der Waals surface area contributed by atoms with Crippen LogP contribution in [0.4, 0.5) is 5.69 Å². The zero-order chi connectivity index (χ0) is 21.8. The van der Waals surface area contributed by atoms with Gasteiger partial charge in [0, 0.05) is 36.3 Å². The van der Waals surface area contributed by atoms with E-state index in [1.165, 1.54) is 11.1 Å². The molecule has 1 amide bonds. The fourth-order valence-corrected chi connectivity index (χ4v) is 4.84. The number of ether oxygens (including phenoxy) is 1. The second-order valence-electron chi connectivity index (χ2n) is 8.23. The Hall–Kier alpha value is -2.54. The molecule has 4 rings (SSSR count). The molecule has 1 aliphatic rings. The van der Waals surface area contributed by atoms with E-state index in [-0.39, 0.29) is 12.3 Å². The molecule has 2 aromatic carbocycles. The molecule has 3 aromatic rings. The smallest absolute Gasteiger partial charge is 0.230 e. The van der Waals surface area contributed by atoms with E-state index in [1.54, 1.807) is 11.3 Å². The zero-order valence-electron chi connectivity index (χ0n) is 18.4. The van der Waals surface area contributed by atoms with Crippen molar-refractivity contribution in [2.45, 2.75) is 33.7 Å². The van der Waals surface area contributed by atoms with Crippen molar-refractivity contribution in [2.75, 3.05) is 31.6 Å². The summed E-state index contributed by atoms with van der Waals surface area (Å²) in [7, 11) is 0. The standard InChI is InChI=1S/C25H29N3O2S/c1-17-12-18(2)24(19(3)13-17)27-23(29)14-22-16-31-25(26-22)21-6-4-20(5-7-21)15-28-8-10-30-11-9-28/h4-7,12-13,16H,8-11,14-15H2,1-3H3,(H,27,29). The summed E-state index contributed by atoms with van der Waals surface area (Å²) in [6.45, 7) is 10.7. The molecule has 1 aliphatic heterocycles. The van der Waals surface area contributed by atoms with E-state index in [0.29, 0.717) is 0 Å². The van der Waals surface area contributed by atoms with Crippen LogP contribution in [0.2, 0.25) is 0 Å².